The number of hydrogen-bond donors (Lipinski definition) is 5. The average Bonchev–Trinajstić information content (AvgIpc) is 0.799. The highest BCUT2D eigenvalue weighted by atomic mass is 16.5. The first-order valence-corrected chi connectivity index (χ1v) is 54.0. The third-order valence-corrected chi connectivity index (χ3v) is 32.0. The maximum Gasteiger partial charge on any atom is 0.212 e. The van der Waals surface area contributed by atoms with Crippen molar-refractivity contribution in [3.8, 4) is 5.88 Å². The minimum absolute atomic E-state index is 0.00331. The maximum atomic E-state index is 12.9. The number of aliphatic hydroxyl groups is 2. The number of methoxy groups -OCH3 is 1. The van der Waals surface area contributed by atoms with Crippen molar-refractivity contribution >= 4 is 28.9 Å². The number of aromatic nitrogens is 6. The zero-order chi connectivity index (χ0) is 103. The van der Waals surface area contributed by atoms with E-state index in [9.17, 15) is 34.2 Å². The fraction of sp³-hybridized carbons (Fsp3) is 0.696. The summed E-state index contributed by atoms with van der Waals surface area (Å²) >= 11 is 0. The highest BCUT2D eigenvalue weighted by Crippen LogP contribution is 2.45. The fourth-order valence-corrected chi connectivity index (χ4v) is 22.0. The summed E-state index contributed by atoms with van der Waals surface area (Å²) in [6.07, 6.45) is 30.9. The molecule has 0 aromatic carbocycles. The van der Waals surface area contributed by atoms with Crippen molar-refractivity contribution < 1.29 is 48.4 Å². The summed E-state index contributed by atoms with van der Waals surface area (Å²) in [7, 11) is 1.61. The smallest absolute Gasteiger partial charge is 0.212 e. The molecule has 8 N–H and O–H groups in total. The van der Waals surface area contributed by atoms with Gasteiger partial charge in [0.2, 0.25) is 5.88 Å². The normalized spacial score (nSPS) is 20.6. The number of likely N-dealkylation sites (tertiary alicyclic amines) is 6. The number of Topliss-reactive ketones (excluding diaryl/α,β-unsaturated/α-hetero) is 5. The van der Waals surface area contributed by atoms with Crippen molar-refractivity contribution in [2.24, 2.45) is 50.2 Å². The first kappa shape index (κ1) is 118. The Balaban J connectivity index is 0.000000191. The monoisotopic (exact) mass is 1960 g/mol. The largest absolute Gasteiger partial charge is 0.481 e. The molecule has 0 spiro atoms. The third-order valence-electron chi connectivity index (χ3n) is 32.0. The summed E-state index contributed by atoms with van der Waals surface area (Å²) in [4.78, 5) is 110. The molecule has 8 aliphatic rings. The van der Waals surface area contributed by atoms with E-state index in [4.69, 9.17) is 31.4 Å². The van der Waals surface area contributed by atoms with Gasteiger partial charge < -0.3 is 71.0 Å². The van der Waals surface area contributed by atoms with E-state index >= 15 is 0 Å². The van der Waals surface area contributed by atoms with Crippen molar-refractivity contribution in [1.29, 1.82) is 0 Å². The lowest BCUT2D eigenvalue weighted by atomic mass is 9.70. The van der Waals surface area contributed by atoms with Crippen LogP contribution in [0.4, 0.5) is 0 Å². The highest BCUT2D eigenvalue weighted by molar-refractivity contribution is 5.86. The van der Waals surface area contributed by atoms with Gasteiger partial charge in [0.1, 0.15) is 23.1 Å². The summed E-state index contributed by atoms with van der Waals surface area (Å²) in [5.74, 6) is 1.94. The van der Waals surface area contributed by atoms with Crippen LogP contribution in [0.25, 0.3) is 0 Å². The first-order valence-electron chi connectivity index (χ1n) is 54.0. The van der Waals surface area contributed by atoms with Gasteiger partial charge in [0.25, 0.3) is 0 Å². The van der Waals surface area contributed by atoms with Gasteiger partial charge in [-0.15, -0.1) is 0 Å². The van der Waals surface area contributed by atoms with Gasteiger partial charge in [-0.25, -0.2) is 4.98 Å². The van der Waals surface area contributed by atoms with Crippen LogP contribution in [-0.2, 0) is 72.0 Å². The van der Waals surface area contributed by atoms with E-state index in [1.165, 1.54) is 0 Å². The van der Waals surface area contributed by atoms with Gasteiger partial charge in [-0.1, -0.05) is 50.2 Å². The number of carbonyl (C=O) groups excluding carboxylic acids is 5. The van der Waals surface area contributed by atoms with Crippen molar-refractivity contribution in [3.05, 3.63) is 174 Å². The molecule has 4 atom stereocenters. The van der Waals surface area contributed by atoms with Gasteiger partial charge in [0.05, 0.1) is 69.9 Å². The van der Waals surface area contributed by atoms with E-state index in [1.807, 2.05) is 105 Å². The number of hydrogen-bond acceptors (Lipinski definition) is 27. The molecule has 27 nitrogen and oxygen atoms in total. The molecule has 142 heavy (non-hydrogen) atoms. The number of rotatable bonds is 39. The zero-order valence-electron chi connectivity index (χ0n) is 90.3. The lowest BCUT2D eigenvalue weighted by Crippen LogP contribution is -2.48. The quantitative estimate of drug-likeness (QED) is 0.0239. The second-order valence-corrected chi connectivity index (χ2v) is 45.2. The number of nitrogens with zero attached hydrogens (tertiary/aromatic N) is 14. The number of aliphatic hydroxyl groups excluding tert-OH is 1. The van der Waals surface area contributed by atoms with Gasteiger partial charge in [-0.2, -0.15) is 0 Å². The van der Waals surface area contributed by atoms with Crippen LogP contribution in [-0.4, -0.2) is 326 Å². The molecular formula is C115H185N17O10. The van der Waals surface area contributed by atoms with Gasteiger partial charge in [0, 0.05) is 199 Å². The molecule has 0 aliphatic carbocycles. The molecule has 14 rings (SSSR count). The number of nitrogens with two attached hydrogens (primary N) is 3. The molecule has 8 fully saturated rings. The van der Waals surface area contributed by atoms with Crippen LogP contribution >= 0.6 is 0 Å². The first-order chi connectivity index (χ1) is 67.7. The molecule has 14 heterocycles. The molecule has 27 heteroatoms. The molecule has 0 amide bonds. The van der Waals surface area contributed by atoms with E-state index < -0.39 is 17.7 Å². The van der Waals surface area contributed by atoms with Gasteiger partial charge in [-0.05, 0) is 371 Å². The second-order valence-electron chi connectivity index (χ2n) is 45.2. The van der Waals surface area contributed by atoms with Crippen LogP contribution in [0.5, 0.6) is 5.88 Å². The Morgan fingerprint density at radius 3 is 0.908 bits per heavy atom. The fourth-order valence-electron chi connectivity index (χ4n) is 22.0. The molecule has 8 aliphatic heterocycles. The van der Waals surface area contributed by atoms with Crippen LogP contribution in [0, 0.1) is 33.0 Å². The van der Waals surface area contributed by atoms with Crippen LogP contribution in [0.2, 0.25) is 0 Å². The number of ether oxygens (including phenoxy) is 3. The predicted molar refractivity (Wildman–Crippen MR) is 570 cm³/mol. The highest BCUT2D eigenvalue weighted by Gasteiger charge is 2.45. The summed E-state index contributed by atoms with van der Waals surface area (Å²) in [6.45, 7) is 54.9. The van der Waals surface area contributed by atoms with Crippen LogP contribution in [0.15, 0.2) is 140 Å². The second kappa shape index (κ2) is 58.9. The topological polar surface area (TPSA) is 335 Å². The molecule has 6 aromatic rings. The molecule has 4 unspecified atom stereocenters. The summed E-state index contributed by atoms with van der Waals surface area (Å²) in [5, 5.41) is 20.3. The molecule has 8 saturated heterocycles. The molecule has 790 valence electrons. The van der Waals surface area contributed by atoms with Gasteiger partial charge >= 0.3 is 0 Å². The van der Waals surface area contributed by atoms with E-state index in [0.29, 0.717) is 105 Å². The minimum atomic E-state index is -0.805. The molecular weight excluding hydrogens is 1780 g/mol. The Kier molecular flexibility index (Phi) is 48.9. The van der Waals surface area contributed by atoms with E-state index in [2.05, 4.69) is 189 Å². The lowest BCUT2D eigenvalue weighted by molar-refractivity contribution is -0.126. The number of morpholine rings is 2. The van der Waals surface area contributed by atoms with Crippen molar-refractivity contribution in [1.82, 2.24) is 69.1 Å². The Labute approximate surface area is 854 Å². The Hall–Kier alpha value is -7.55. The average molecular weight is 1970 g/mol. The van der Waals surface area contributed by atoms with E-state index in [1.54, 1.807) is 33.4 Å². The zero-order valence-corrected chi connectivity index (χ0v) is 90.3. The molecule has 0 radical (unpaired) electrons. The van der Waals surface area contributed by atoms with Crippen LogP contribution < -0.4 is 21.9 Å². The minimum Gasteiger partial charge on any atom is -0.481 e. The van der Waals surface area contributed by atoms with Crippen LogP contribution in [0.3, 0.4) is 0 Å². The number of piperidine rings is 6. The molecule has 0 saturated carbocycles. The maximum absolute atomic E-state index is 12.9. The number of pyridine rings is 6. The summed E-state index contributed by atoms with van der Waals surface area (Å²) < 4.78 is 15.8. The third kappa shape index (κ3) is 39.6. The van der Waals surface area contributed by atoms with E-state index in [0.717, 1.165) is 281 Å². The lowest BCUT2D eigenvalue weighted by Gasteiger charge is -2.43. The SMILES string of the molecule is CC(C)C(N)C(=O)CC1(Cc2ccccn2)CCN(C(C)C)CC1.CC(C)N1CCC(CC(=O)CCN2CCOCC2)(Cc2ccccn2)CC1.CC(C)N1CCC(CC(=O)CN2CCOCC2)(Cc2ccccn2)CC1.CC(N)C(=O)CC1(Cc2ccccn2)CCN(C(C)C)CC1.CC(O)C(N)C(=O)CC1(Cc2ccccn2)CCN(C(C)C)CC1.COc1ccc(CC2(O)CCN(C(C)C)CC2)cn1. The van der Waals surface area contributed by atoms with Crippen LogP contribution in [0.1, 0.15) is 260 Å². The van der Waals surface area contributed by atoms with Gasteiger partial charge in [0.15, 0.2) is 5.78 Å². The van der Waals surface area contributed by atoms with Crippen molar-refractivity contribution in [3.63, 3.8) is 0 Å². The Morgan fingerprint density at radius 2 is 0.641 bits per heavy atom. The van der Waals surface area contributed by atoms with Crippen molar-refractivity contribution in [2.75, 3.05) is 151 Å². The standard InChI is InChI=1S/C22H35N3O2.C21H33N3O2.C20H33N3O.C19H31N3O2.C18H29N3O.C15H24N2O2/c1-19(2)25-11-7-22(8-12-25,17-20-5-3-4-9-23-20)18-21(26)6-10-24-13-15-27-16-14-24;1-18(2)24-9-6-21(7-10-24,15-19-5-3-4-8-22-19)16-20(25)17-23-11-13-26-14-12-23;1-15(2)19(21)18(24)14-20(13-17-7-5-6-10-22-17)8-11-23(12-9-20)16(3)4;1-14(2)22-10-7-19(8-11-22,12-16-6-4-5-9-21-16)13-17(24)18(20)15(3)23;1-14(2)21-10-7-18(8-11-21,13-17(22)15(3)19)12-16-6-4-5-9-20-16;1-12(2)17-8-6-15(18,7-9-17)10-13-4-5-14(19-3)16-11-13/h3-5,9,19H,6-8,10-18H2,1-2H3;3-5,8,18H,6-7,9-17H2,1-2H3;5-7,10,15-16,19H,8-9,11-14,21H2,1-4H3;4-6,9,14-15,18,23H,7-8,10-13,20H2,1-3H3;4-6,9,14-15H,7-8,10-13,19H2,1-3H3;4-5,11-12,18H,6-10H2,1-3H3. The summed E-state index contributed by atoms with van der Waals surface area (Å²) in [6, 6.07) is 35.9. The Bertz CT molecular complexity index is 4440. The Morgan fingerprint density at radius 1 is 0.352 bits per heavy atom. The van der Waals surface area contributed by atoms with Crippen molar-refractivity contribution in [2.45, 2.75) is 331 Å². The predicted octanol–water partition coefficient (Wildman–Crippen LogP) is 14.3. The molecule has 6 aromatic heterocycles. The van der Waals surface area contributed by atoms with Gasteiger partial charge in [-0.3, -0.25) is 58.7 Å². The summed E-state index contributed by atoms with van der Waals surface area (Å²) in [5.41, 5.74) is 23.8. The number of carbonyl (C=O) groups is 5. The number of ketones is 5. The van der Waals surface area contributed by atoms with E-state index in [-0.39, 0.29) is 62.4 Å². The molecule has 0 bridgehead atoms.